The first-order chi connectivity index (χ1) is 9.74. The van der Waals surface area contributed by atoms with Crippen LogP contribution >= 0.6 is 11.3 Å². The Morgan fingerprint density at radius 3 is 2.75 bits per heavy atom. The summed E-state index contributed by atoms with van der Waals surface area (Å²) >= 11 is 1.45. The molecular weight excluding hydrogens is 272 g/mol. The van der Waals surface area contributed by atoms with Crippen LogP contribution in [0.2, 0.25) is 0 Å². The van der Waals surface area contributed by atoms with Gasteiger partial charge in [0.2, 0.25) is 5.91 Å². The molecule has 2 heterocycles. The maximum Gasteiger partial charge on any atom is 0.261 e. The summed E-state index contributed by atoms with van der Waals surface area (Å²) in [7, 11) is 0. The van der Waals surface area contributed by atoms with E-state index in [1.54, 1.807) is 0 Å². The molecule has 5 heteroatoms. The first kappa shape index (κ1) is 13.6. The SMILES string of the molecule is O=C(N[C@H]1CCN(C(=O)C2CCCC2)C1)c1cccs1. The lowest BCUT2D eigenvalue weighted by atomic mass is 10.1. The van der Waals surface area contributed by atoms with Crippen LogP contribution < -0.4 is 5.32 Å². The number of carbonyl (C=O) groups is 2. The average molecular weight is 292 g/mol. The van der Waals surface area contributed by atoms with Crippen molar-refractivity contribution in [3.8, 4) is 0 Å². The van der Waals surface area contributed by atoms with Gasteiger partial charge in [-0.05, 0) is 30.7 Å². The number of nitrogens with zero attached hydrogens (tertiary/aromatic N) is 1. The summed E-state index contributed by atoms with van der Waals surface area (Å²) in [4.78, 5) is 27.0. The molecule has 2 aliphatic rings. The van der Waals surface area contributed by atoms with Gasteiger partial charge in [-0.25, -0.2) is 0 Å². The number of hydrogen-bond donors (Lipinski definition) is 1. The molecule has 2 amide bonds. The monoisotopic (exact) mass is 292 g/mol. The highest BCUT2D eigenvalue weighted by Crippen LogP contribution is 2.27. The molecule has 0 unspecified atom stereocenters. The Labute approximate surface area is 123 Å². The molecule has 0 radical (unpaired) electrons. The Morgan fingerprint density at radius 1 is 1.25 bits per heavy atom. The zero-order valence-corrected chi connectivity index (χ0v) is 12.3. The van der Waals surface area contributed by atoms with Crippen LogP contribution in [0.25, 0.3) is 0 Å². The number of hydrogen-bond acceptors (Lipinski definition) is 3. The van der Waals surface area contributed by atoms with Crippen LogP contribution in [0.4, 0.5) is 0 Å². The molecule has 0 spiro atoms. The maximum atomic E-state index is 12.3. The quantitative estimate of drug-likeness (QED) is 0.929. The molecule has 1 aliphatic heterocycles. The van der Waals surface area contributed by atoms with Crippen LogP contribution in [-0.4, -0.2) is 35.8 Å². The second-order valence-electron chi connectivity index (χ2n) is 5.70. The molecule has 3 rings (SSSR count). The van der Waals surface area contributed by atoms with Crippen molar-refractivity contribution < 1.29 is 9.59 Å². The molecular formula is C15H20N2O2S. The lowest BCUT2D eigenvalue weighted by Gasteiger charge is -2.20. The maximum absolute atomic E-state index is 12.3. The molecule has 1 saturated carbocycles. The van der Waals surface area contributed by atoms with Crippen molar-refractivity contribution >= 4 is 23.2 Å². The summed E-state index contributed by atoms with van der Waals surface area (Å²) in [6, 6.07) is 3.82. The van der Waals surface area contributed by atoms with E-state index in [1.165, 1.54) is 24.2 Å². The van der Waals surface area contributed by atoms with Crippen molar-refractivity contribution in [3.63, 3.8) is 0 Å². The predicted octanol–water partition coefficient (Wildman–Crippen LogP) is 2.27. The van der Waals surface area contributed by atoms with Crippen LogP contribution in [-0.2, 0) is 4.79 Å². The second-order valence-corrected chi connectivity index (χ2v) is 6.65. The van der Waals surface area contributed by atoms with Crippen molar-refractivity contribution in [1.29, 1.82) is 0 Å². The van der Waals surface area contributed by atoms with Crippen molar-refractivity contribution in [3.05, 3.63) is 22.4 Å². The fourth-order valence-corrected chi connectivity index (χ4v) is 3.80. The van der Waals surface area contributed by atoms with E-state index in [-0.39, 0.29) is 17.9 Å². The lowest BCUT2D eigenvalue weighted by molar-refractivity contribution is -0.134. The molecule has 4 nitrogen and oxygen atoms in total. The van der Waals surface area contributed by atoms with Gasteiger partial charge in [0.05, 0.1) is 4.88 Å². The first-order valence-corrected chi connectivity index (χ1v) is 8.25. The number of amides is 2. The highest BCUT2D eigenvalue weighted by molar-refractivity contribution is 7.12. The number of thiophene rings is 1. The molecule has 2 fully saturated rings. The van der Waals surface area contributed by atoms with E-state index in [0.717, 1.165) is 30.7 Å². The minimum atomic E-state index is -0.0137. The van der Waals surface area contributed by atoms with E-state index < -0.39 is 0 Å². The third-order valence-corrected chi connectivity index (χ3v) is 5.15. The number of rotatable bonds is 3. The minimum Gasteiger partial charge on any atom is -0.347 e. The lowest BCUT2D eigenvalue weighted by Crippen LogP contribution is -2.39. The molecule has 1 saturated heterocycles. The zero-order chi connectivity index (χ0) is 13.9. The van der Waals surface area contributed by atoms with Gasteiger partial charge in [0.15, 0.2) is 0 Å². The molecule has 1 aliphatic carbocycles. The van der Waals surface area contributed by atoms with E-state index in [9.17, 15) is 9.59 Å². The van der Waals surface area contributed by atoms with Crippen LogP contribution in [0.5, 0.6) is 0 Å². The van der Waals surface area contributed by atoms with Crippen molar-refractivity contribution in [2.75, 3.05) is 13.1 Å². The van der Waals surface area contributed by atoms with Gasteiger partial charge in [-0.1, -0.05) is 18.9 Å². The summed E-state index contributed by atoms with van der Waals surface area (Å²) in [6.45, 7) is 1.46. The molecule has 1 atom stereocenters. The summed E-state index contributed by atoms with van der Waals surface area (Å²) in [5, 5.41) is 4.94. The molecule has 0 aromatic carbocycles. The molecule has 20 heavy (non-hydrogen) atoms. The van der Waals surface area contributed by atoms with Gasteiger partial charge >= 0.3 is 0 Å². The smallest absolute Gasteiger partial charge is 0.261 e. The van der Waals surface area contributed by atoms with Crippen molar-refractivity contribution in [1.82, 2.24) is 10.2 Å². The number of carbonyl (C=O) groups excluding carboxylic acids is 2. The van der Waals surface area contributed by atoms with Gasteiger partial charge in [0.1, 0.15) is 0 Å². The fraction of sp³-hybridized carbons (Fsp3) is 0.600. The van der Waals surface area contributed by atoms with Crippen molar-refractivity contribution in [2.24, 2.45) is 5.92 Å². The summed E-state index contributed by atoms with van der Waals surface area (Å²) in [5.41, 5.74) is 0. The Balaban J connectivity index is 1.51. The molecule has 1 aromatic rings. The second kappa shape index (κ2) is 5.95. The topological polar surface area (TPSA) is 49.4 Å². The van der Waals surface area contributed by atoms with Gasteiger partial charge in [0, 0.05) is 25.0 Å². The van der Waals surface area contributed by atoms with Crippen molar-refractivity contribution in [2.45, 2.75) is 38.1 Å². The summed E-state index contributed by atoms with van der Waals surface area (Å²) in [6.07, 6.45) is 5.32. The van der Waals surface area contributed by atoms with Crippen LogP contribution in [0.3, 0.4) is 0 Å². The Hall–Kier alpha value is -1.36. The highest BCUT2D eigenvalue weighted by Gasteiger charge is 2.32. The van der Waals surface area contributed by atoms with E-state index >= 15 is 0 Å². The van der Waals surface area contributed by atoms with Crippen LogP contribution in [0.15, 0.2) is 17.5 Å². The fourth-order valence-electron chi connectivity index (χ4n) is 3.17. The van der Waals surface area contributed by atoms with Gasteiger partial charge in [0.25, 0.3) is 5.91 Å². The van der Waals surface area contributed by atoms with Gasteiger partial charge < -0.3 is 10.2 Å². The van der Waals surface area contributed by atoms with Gasteiger partial charge in [-0.3, -0.25) is 9.59 Å². The molecule has 1 aromatic heterocycles. The molecule has 1 N–H and O–H groups in total. The summed E-state index contributed by atoms with van der Waals surface area (Å²) in [5.74, 6) is 0.525. The Bertz CT molecular complexity index is 480. The third kappa shape index (κ3) is 2.87. The normalized spacial score (nSPS) is 23.2. The van der Waals surface area contributed by atoms with Crippen LogP contribution in [0.1, 0.15) is 41.8 Å². The van der Waals surface area contributed by atoms with Crippen LogP contribution in [0, 0.1) is 5.92 Å². The van der Waals surface area contributed by atoms with Gasteiger partial charge in [-0.15, -0.1) is 11.3 Å². The highest BCUT2D eigenvalue weighted by atomic mass is 32.1. The molecule has 108 valence electrons. The standard InChI is InChI=1S/C15H20N2O2S/c18-14(13-6-3-9-20-13)16-12-7-8-17(10-12)15(19)11-4-1-2-5-11/h3,6,9,11-12H,1-2,4-5,7-8,10H2,(H,16,18)/t12-/m0/s1. The number of likely N-dealkylation sites (tertiary alicyclic amines) is 1. The third-order valence-electron chi connectivity index (χ3n) is 4.28. The first-order valence-electron chi connectivity index (χ1n) is 7.37. The molecule has 0 bridgehead atoms. The van der Waals surface area contributed by atoms with Gasteiger partial charge in [-0.2, -0.15) is 0 Å². The van der Waals surface area contributed by atoms with E-state index in [4.69, 9.17) is 0 Å². The predicted molar refractivity (Wildman–Crippen MR) is 78.7 cm³/mol. The summed E-state index contributed by atoms with van der Waals surface area (Å²) < 4.78 is 0. The Kier molecular flexibility index (Phi) is 4.05. The van der Waals surface area contributed by atoms with E-state index in [0.29, 0.717) is 12.5 Å². The Morgan fingerprint density at radius 2 is 2.05 bits per heavy atom. The zero-order valence-electron chi connectivity index (χ0n) is 11.5. The minimum absolute atomic E-state index is 0.0137. The average Bonchev–Trinajstić information content (AvgIpc) is 3.19. The van der Waals surface area contributed by atoms with E-state index in [2.05, 4.69) is 5.32 Å². The number of nitrogens with one attached hydrogen (secondary N) is 1. The van der Waals surface area contributed by atoms with E-state index in [1.807, 2.05) is 22.4 Å². The largest absolute Gasteiger partial charge is 0.347 e.